The summed E-state index contributed by atoms with van der Waals surface area (Å²) in [6.07, 6.45) is 3.86. The Morgan fingerprint density at radius 3 is 2.49 bits per heavy atom. The van der Waals surface area contributed by atoms with Crippen LogP contribution in [-0.4, -0.2) is 48.2 Å². The van der Waals surface area contributed by atoms with E-state index in [9.17, 15) is 18.0 Å². The molecule has 0 bridgehead atoms. The van der Waals surface area contributed by atoms with E-state index in [0.29, 0.717) is 17.5 Å². The lowest BCUT2D eigenvalue weighted by Crippen LogP contribution is -2.54. The van der Waals surface area contributed by atoms with Crippen molar-refractivity contribution in [1.82, 2.24) is 20.8 Å². The molecule has 2 N–H and O–H groups in total. The monoisotopic (exact) mass is 521 g/mol. The summed E-state index contributed by atoms with van der Waals surface area (Å²) >= 11 is 0. The quantitative estimate of drug-likeness (QED) is 0.430. The molecular formula is C26H27N5O5S. The molecule has 1 fully saturated rings. The van der Waals surface area contributed by atoms with Crippen LogP contribution in [0.4, 0.5) is 0 Å². The van der Waals surface area contributed by atoms with Crippen LogP contribution in [0.2, 0.25) is 0 Å². The van der Waals surface area contributed by atoms with E-state index in [1.54, 1.807) is 37.3 Å². The summed E-state index contributed by atoms with van der Waals surface area (Å²) in [5.74, 6) is -0.669. The molecule has 37 heavy (non-hydrogen) atoms. The van der Waals surface area contributed by atoms with Gasteiger partial charge in [-0.2, -0.15) is 13.4 Å². The Bertz CT molecular complexity index is 1440. The second kappa shape index (κ2) is 10.3. The van der Waals surface area contributed by atoms with E-state index in [4.69, 9.17) is 4.52 Å². The first kappa shape index (κ1) is 24.8. The number of rotatable bonds is 8. The summed E-state index contributed by atoms with van der Waals surface area (Å²) in [6.45, 7) is 1.78. The second-order valence-corrected chi connectivity index (χ2v) is 10.8. The molecule has 1 aromatic heterocycles. The van der Waals surface area contributed by atoms with Gasteiger partial charge in [0, 0.05) is 11.1 Å². The standard InChI is InChI=1S/C26H27N5O5S/c1-2-19(22(32)26-29-23(30-36-26)17-12-4-3-5-13-17)27-25(33)21(16-10-6-7-11-16)28-24-18-14-8-9-15-20(18)37(34,35)31-24/h3-5,8-9,12-16,19,21H,2,6-7,10-11H2,1H3,(H,27,33)(H,28,31)/t19-,21?/m0/s1. The third kappa shape index (κ3) is 5.04. The molecule has 11 heteroatoms. The van der Waals surface area contributed by atoms with E-state index in [1.165, 1.54) is 6.07 Å². The number of amidine groups is 1. The molecule has 1 saturated carbocycles. The molecule has 1 aliphatic heterocycles. The Morgan fingerprint density at radius 1 is 1.05 bits per heavy atom. The zero-order chi connectivity index (χ0) is 26.0. The van der Waals surface area contributed by atoms with E-state index in [1.807, 2.05) is 18.2 Å². The van der Waals surface area contributed by atoms with E-state index < -0.39 is 33.8 Å². The summed E-state index contributed by atoms with van der Waals surface area (Å²) in [7, 11) is -3.84. The fraction of sp³-hybridized carbons (Fsp3) is 0.346. The van der Waals surface area contributed by atoms with Crippen LogP contribution in [0.5, 0.6) is 0 Å². The molecular weight excluding hydrogens is 494 g/mol. The van der Waals surface area contributed by atoms with Gasteiger partial charge in [0.15, 0.2) is 0 Å². The summed E-state index contributed by atoms with van der Waals surface area (Å²) in [6, 6.07) is 14.0. The van der Waals surface area contributed by atoms with Crippen molar-refractivity contribution in [3.8, 4) is 11.4 Å². The summed E-state index contributed by atoms with van der Waals surface area (Å²) < 4.78 is 34.1. The van der Waals surface area contributed by atoms with Crippen molar-refractivity contribution in [3.63, 3.8) is 0 Å². The summed E-state index contributed by atoms with van der Waals surface area (Å²) in [5.41, 5.74) is 1.14. The van der Waals surface area contributed by atoms with Gasteiger partial charge in [0.2, 0.25) is 17.5 Å². The number of ketones is 1. The average Bonchev–Trinajstić information content (AvgIpc) is 3.66. The van der Waals surface area contributed by atoms with Crippen LogP contribution in [0.25, 0.3) is 11.4 Å². The minimum atomic E-state index is -3.84. The van der Waals surface area contributed by atoms with Crippen LogP contribution in [0, 0.1) is 5.92 Å². The summed E-state index contributed by atoms with van der Waals surface area (Å²) in [4.78, 5) is 31.0. The Hall–Kier alpha value is -3.86. The number of carbonyl (C=O) groups excluding carboxylic acids is 2. The molecule has 3 aromatic rings. The maximum Gasteiger partial charge on any atom is 0.296 e. The highest BCUT2D eigenvalue weighted by atomic mass is 32.2. The number of hydrogen-bond donors (Lipinski definition) is 2. The molecule has 2 heterocycles. The number of amides is 1. The molecule has 5 rings (SSSR count). The van der Waals surface area contributed by atoms with Gasteiger partial charge in [-0.1, -0.05) is 67.4 Å². The molecule has 0 radical (unpaired) electrons. The molecule has 1 unspecified atom stereocenters. The van der Waals surface area contributed by atoms with Crippen LogP contribution >= 0.6 is 0 Å². The normalized spacial score (nSPS) is 18.0. The number of nitrogens with one attached hydrogen (secondary N) is 2. The topological polar surface area (TPSA) is 144 Å². The van der Waals surface area contributed by atoms with Gasteiger partial charge in [0.25, 0.3) is 15.9 Å². The van der Waals surface area contributed by atoms with Gasteiger partial charge in [-0.15, -0.1) is 4.40 Å². The summed E-state index contributed by atoms with van der Waals surface area (Å²) in [5, 5.41) is 9.83. The predicted molar refractivity (Wildman–Crippen MR) is 135 cm³/mol. The molecule has 2 aromatic carbocycles. The van der Waals surface area contributed by atoms with Gasteiger partial charge in [-0.05, 0) is 37.3 Å². The Morgan fingerprint density at radius 2 is 1.76 bits per heavy atom. The van der Waals surface area contributed by atoms with Crippen molar-refractivity contribution in [1.29, 1.82) is 0 Å². The van der Waals surface area contributed by atoms with Crippen molar-refractivity contribution in [2.45, 2.75) is 56.0 Å². The highest BCUT2D eigenvalue weighted by Gasteiger charge is 2.37. The number of Topliss-reactive ketones (excluding diaryl/α,β-unsaturated/α-hetero) is 1. The highest BCUT2D eigenvalue weighted by molar-refractivity contribution is 7.90. The molecule has 10 nitrogen and oxygen atoms in total. The van der Waals surface area contributed by atoms with Crippen molar-refractivity contribution in [2.24, 2.45) is 10.3 Å². The number of sulfonamides is 1. The number of hydrogen-bond acceptors (Lipinski definition) is 8. The predicted octanol–water partition coefficient (Wildman–Crippen LogP) is 3.11. The zero-order valence-corrected chi connectivity index (χ0v) is 21.1. The number of benzene rings is 2. The third-order valence-corrected chi connectivity index (χ3v) is 8.12. The second-order valence-electron chi connectivity index (χ2n) is 9.20. The Labute approximate surface area is 214 Å². The van der Waals surface area contributed by atoms with Crippen molar-refractivity contribution >= 4 is 27.5 Å². The van der Waals surface area contributed by atoms with Crippen LogP contribution in [0.15, 0.2) is 68.4 Å². The van der Waals surface area contributed by atoms with E-state index in [-0.39, 0.29) is 28.4 Å². The zero-order valence-electron chi connectivity index (χ0n) is 20.3. The lowest BCUT2D eigenvalue weighted by molar-refractivity contribution is -0.124. The fourth-order valence-corrected chi connectivity index (χ4v) is 6.02. The van der Waals surface area contributed by atoms with Gasteiger partial charge in [0.05, 0.1) is 6.04 Å². The molecule has 1 aliphatic carbocycles. The Balaban J connectivity index is 1.35. The molecule has 0 spiro atoms. The fourth-order valence-electron chi connectivity index (χ4n) is 4.84. The lowest BCUT2D eigenvalue weighted by Gasteiger charge is -2.26. The van der Waals surface area contributed by atoms with Crippen LogP contribution < -0.4 is 10.6 Å². The van der Waals surface area contributed by atoms with Gasteiger partial charge in [-0.3, -0.25) is 9.59 Å². The minimum Gasteiger partial charge on any atom is -0.357 e. The molecule has 0 saturated heterocycles. The van der Waals surface area contributed by atoms with Gasteiger partial charge >= 0.3 is 0 Å². The molecule has 1 amide bonds. The SMILES string of the molecule is CC[C@H](NC(=O)C(NC1=NS(=O)(=O)c2ccccc21)C1CCCC1)C(=O)c1nc(-c2ccccc2)no1. The van der Waals surface area contributed by atoms with Crippen molar-refractivity contribution in [2.75, 3.05) is 0 Å². The third-order valence-electron chi connectivity index (χ3n) is 6.79. The Kier molecular flexibility index (Phi) is 6.88. The molecule has 2 atom stereocenters. The molecule has 2 aliphatic rings. The first-order valence-corrected chi connectivity index (χ1v) is 13.8. The molecule has 192 valence electrons. The van der Waals surface area contributed by atoms with Crippen molar-refractivity contribution < 1.29 is 22.5 Å². The number of carbonyl (C=O) groups is 2. The first-order valence-electron chi connectivity index (χ1n) is 12.3. The van der Waals surface area contributed by atoms with E-state index in [2.05, 4.69) is 25.2 Å². The largest absolute Gasteiger partial charge is 0.357 e. The minimum absolute atomic E-state index is 0.0288. The van der Waals surface area contributed by atoms with Gasteiger partial charge < -0.3 is 15.2 Å². The van der Waals surface area contributed by atoms with Crippen molar-refractivity contribution in [3.05, 3.63) is 66.1 Å². The van der Waals surface area contributed by atoms with Gasteiger partial charge in [0.1, 0.15) is 16.8 Å². The number of nitrogens with zero attached hydrogens (tertiary/aromatic N) is 3. The van der Waals surface area contributed by atoms with E-state index in [0.717, 1.165) is 25.7 Å². The number of aromatic nitrogens is 2. The average molecular weight is 522 g/mol. The van der Waals surface area contributed by atoms with E-state index >= 15 is 0 Å². The maximum atomic E-state index is 13.5. The number of fused-ring (bicyclic) bond motifs is 1. The highest BCUT2D eigenvalue weighted by Crippen LogP contribution is 2.30. The van der Waals surface area contributed by atoms with Crippen LogP contribution in [-0.2, 0) is 14.8 Å². The maximum absolute atomic E-state index is 13.5. The lowest BCUT2D eigenvalue weighted by atomic mass is 9.96. The van der Waals surface area contributed by atoms with Crippen LogP contribution in [0.1, 0.15) is 55.3 Å². The first-order chi connectivity index (χ1) is 17.9. The smallest absolute Gasteiger partial charge is 0.296 e. The van der Waals surface area contributed by atoms with Crippen LogP contribution in [0.3, 0.4) is 0 Å². The van der Waals surface area contributed by atoms with Gasteiger partial charge in [-0.25, -0.2) is 0 Å².